The Morgan fingerprint density at radius 3 is 2.34 bits per heavy atom. The summed E-state index contributed by atoms with van der Waals surface area (Å²) in [4.78, 5) is 12.8. The van der Waals surface area contributed by atoms with Crippen molar-refractivity contribution >= 4 is 21.6 Å². The average Bonchev–Trinajstić information content (AvgIpc) is 2.79. The van der Waals surface area contributed by atoms with Gasteiger partial charge in [0.25, 0.3) is 0 Å². The predicted molar refractivity (Wildman–Crippen MR) is 122 cm³/mol. The highest BCUT2D eigenvalue weighted by atomic mass is 32.2. The molecule has 0 unspecified atom stereocenters. The second-order valence-electron chi connectivity index (χ2n) is 7.70. The van der Waals surface area contributed by atoms with Crippen LogP contribution in [0.4, 0.5) is 23.2 Å². The molecule has 0 fully saturated rings. The third-order valence-electron chi connectivity index (χ3n) is 5.04. The average molecular weight is 511 g/mol. The highest BCUT2D eigenvalue weighted by molar-refractivity contribution is 7.89. The Kier molecular flexibility index (Phi) is 7.81. The van der Waals surface area contributed by atoms with E-state index in [0.717, 1.165) is 6.07 Å². The third kappa shape index (κ3) is 6.58. The highest BCUT2D eigenvalue weighted by Crippen LogP contribution is 2.33. The molecule has 11 heteroatoms. The van der Waals surface area contributed by atoms with E-state index in [1.165, 1.54) is 19.2 Å². The second kappa shape index (κ2) is 10.4. The molecule has 0 spiro atoms. The molecule has 35 heavy (non-hydrogen) atoms. The summed E-state index contributed by atoms with van der Waals surface area (Å²) in [6, 6.07) is 13.5. The van der Waals surface area contributed by atoms with E-state index in [-0.39, 0.29) is 22.8 Å². The normalized spacial score (nSPS) is 12.7. The van der Waals surface area contributed by atoms with Crippen molar-refractivity contribution < 1.29 is 35.5 Å². The van der Waals surface area contributed by atoms with Crippen molar-refractivity contribution in [3.05, 3.63) is 89.2 Å². The summed E-state index contributed by atoms with van der Waals surface area (Å²) >= 11 is 0. The minimum atomic E-state index is -4.97. The second-order valence-corrected chi connectivity index (χ2v) is 9.38. The van der Waals surface area contributed by atoms with Gasteiger partial charge in [-0.3, -0.25) is 4.79 Å². The van der Waals surface area contributed by atoms with Gasteiger partial charge in [-0.2, -0.15) is 17.9 Å². The van der Waals surface area contributed by atoms with E-state index in [2.05, 4.69) is 10.0 Å². The van der Waals surface area contributed by atoms with Gasteiger partial charge in [0.1, 0.15) is 22.5 Å². The molecule has 0 aromatic heterocycles. The molecule has 0 saturated carbocycles. The van der Waals surface area contributed by atoms with Crippen molar-refractivity contribution in [3.63, 3.8) is 0 Å². The Morgan fingerprint density at radius 2 is 1.71 bits per heavy atom. The van der Waals surface area contributed by atoms with E-state index >= 15 is 0 Å². The van der Waals surface area contributed by atoms with Gasteiger partial charge in [0.15, 0.2) is 0 Å². The topological polar surface area (TPSA) is 84.5 Å². The van der Waals surface area contributed by atoms with Crippen LogP contribution < -0.4 is 14.8 Å². The Labute approximate surface area is 200 Å². The van der Waals surface area contributed by atoms with Crippen LogP contribution in [0.1, 0.15) is 16.7 Å². The fourth-order valence-corrected chi connectivity index (χ4v) is 4.78. The summed E-state index contributed by atoms with van der Waals surface area (Å²) in [7, 11) is -3.00. The SMILES string of the molecule is COc1ccc(C)cc1S(=O)(=O)N[C@@H](Cc1ccccc1)C(=O)Nc1ccc(F)c(C(F)(F)F)c1. The van der Waals surface area contributed by atoms with Gasteiger partial charge in [0.2, 0.25) is 15.9 Å². The number of carbonyl (C=O) groups is 1. The quantitative estimate of drug-likeness (QED) is 0.431. The maximum Gasteiger partial charge on any atom is 0.419 e. The number of rotatable bonds is 8. The molecular formula is C24H22F4N2O4S. The van der Waals surface area contributed by atoms with Crippen LogP contribution in [-0.2, 0) is 27.4 Å². The summed E-state index contributed by atoms with van der Waals surface area (Å²) in [5.41, 5.74) is -0.669. The molecule has 186 valence electrons. The van der Waals surface area contributed by atoms with Crippen molar-refractivity contribution in [2.75, 3.05) is 12.4 Å². The highest BCUT2D eigenvalue weighted by Gasteiger charge is 2.35. The van der Waals surface area contributed by atoms with Gasteiger partial charge in [-0.25, -0.2) is 12.8 Å². The summed E-state index contributed by atoms with van der Waals surface area (Å²) in [5.74, 6) is -2.37. The monoisotopic (exact) mass is 510 g/mol. The fraction of sp³-hybridized carbons (Fsp3) is 0.208. The number of benzene rings is 3. The molecule has 6 nitrogen and oxygen atoms in total. The maximum absolute atomic E-state index is 13.6. The minimum Gasteiger partial charge on any atom is -0.495 e. The molecule has 3 rings (SSSR count). The number of hydrogen-bond acceptors (Lipinski definition) is 4. The van der Waals surface area contributed by atoms with Crippen molar-refractivity contribution in [1.29, 1.82) is 0 Å². The lowest BCUT2D eigenvalue weighted by molar-refractivity contribution is -0.140. The zero-order valence-electron chi connectivity index (χ0n) is 18.7. The van der Waals surface area contributed by atoms with Gasteiger partial charge in [-0.1, -0.05) is 36.4 Å². The molecular weight excluding hydrogens is 488 g/mol. The van der Waals surface area contributed by atoms with Crippen LogP contribution in [0.25, 0.3) is 0 Å². The number of carbonyl (C=O) groups excluding carboxylic acids is 1. The number of halogens is 4. The molecule has 0 bridgehead atoms. The summed E-state index contributed by atoms with van der Waals surface area (Å²) < 4.78 is 86.7. The van der Waals surface area contributed by atoms with Gasteiger partial charge >= 0.3 is 6.18 Å². The molecule has 1 amide bonds. The lowest BCUT2D eigenvalue weighted by Gasteiger charge is -2.20. The minimum absolute atomic E-state index is 0.0512. The molecule has 0 saturated heterocycles. The molecule has 3 aromatic carbocycles. The van der Waals surface area contributed by atoms with E-state index in [0.29, 0.717) is 23.3 Å². The van der Waals surface area contributed by atoms with E-state index in [1.54, 1.807) is 43.3 Å². The molecule has 0 aliphatic carbocycles. The van der Waals surface area contributed by atoms with E-state index < -0.39 is 39.5 Å². The van der Waals surface area contributed by atoms with E-state index in [4.69, 9.17) is 4.74 Å². The summed E-state index contributed by atoms with van der Waals surface area (Å²) in [6.45, 7) is 1.68. The standard InChI is InChI=1S/C24H22F4N2O4S/c1-15-8-11-21(34-2)22(12-15)35(32,33)30-20(13-16-6-4-3-5-7-16)23(31)29-17-9-10-19(25)18(14-17)24(26,27)28/h3-12,14,20,30H,13H2,1-2H3,(H,29,31)/t20-/m0/s1. The molecule has 0 heterocycles. The molecule has 0 aliphatic rings. The number of sulfonamides is 1. The van der Waals surface area contributed by atoms with Crippen LogP contribution in [0.2, 0.25) is 0 Å². The molecule has 3 aromatic rings. The van der Waals surface area contributed by atoms with Crippen LogP contribution in [0.5, 0.6) is 5.75 Å². The van der Waals surface area contributed by atoms with Crippen molar-refractivity contribution in [3.8, 4) is 5.75 Å². The number of ether oxygens (including phenoxy) is 1. The van der Waals surface area contributed by atoms with Gasteiger partial charge in [-0.15, -0.1) is 0 Å². The van der Waals surface area contributed by atoms with Crippen LogP contribution in [0, 0.1) is 12.7 Å². The Morgan fingerprint density at radius 1 is 1.03 bits per heavy atom. The molecule has 1 atom stereocenters. The molecule has 0 radical (unpaired) electrons. The van der Waals surface area contributed by atoms with Crippen LogP contribution >= 0.6 is 0 Å². The number of anilines is 1. The number of amides is 1. The molecule has 0 aliphatic heterocycles. The number of methoxy groups -OCH3 is 1. The first-order valence-electron chi connectivity index (χ1n) is 10.3. The van der Waals surface area contributed by atoms with Crippen molar-refractivity contribution in [2.24, 2.45) is 0 Å². The van der Waals surface area contributed by atoms with Gasteiger partial charge < -0.3 is 10.1 Å². The van der Waals surface area contributed by atoms with Crippen molar-refractivity contribution in [2.45, 2.75) is 30.5 Å². The van der Waals surface area contributed by atoms with Crippen molar-refractivity contribution in [1.82, 2.24) is 4.72 Å². The fourth-order valence-electron chi connectivity index (χ4n) is 3.33. The zero-order chi connectivity index (χ0) is 25.8. The predicted octanol–water partition coefficient (Wildman–Crippen LogP) is 4.69. The number of alkyl halides is 3. The van der Waals surface area contributed by atoms with E-state index in [1.807, 2.05) is 0 Å². The molecule has 2 N–H and O–H groups in total. The van der Waals surface area contributed by atoms with E-state index in [9.17, 15) is 30.8 Å². The van der Waals surface area contributed by atoms with Gasteiger partial charge in [0.05, 0.1) is 12.7 Å². The first kappa shape index (κ1) is 26.2. The Hall–Kier alpha value is -3.44. The van der Waals surface area contributed by atoms with Crippen LogP contribution in [-0.4, -0.2) is 27.5 Å². The number of hydrogen-bond donors (Lipinski definition) is 2. The first-order chi connectivity index (χ1) is 16.4. The largest absolute Gasteiger partial charge is 0.495 e. The first-order valence-corrected chi connectivity index (χ1v) is 11.8. The summed E-state index contributed by atoms with van der Waals surface area (Å²) in [6.07, 6.45) is -5.08. The number of aryl methyl sites for hydroxylation is 1. The third-order valence-corrected chi connectivity index (χ3v) is 6.54. The van der Waals surface area contributed by atoms with Crippen LogP contribution in [0.15, 0.2) is 71.6 Å². The van der Waals surface area contributed by atoms with Gasteiger partial charge in [0, 0.05) is 5.69 Å². The lowest BCUT2D eigenvalue weighted by atomic mass is 10.1. The summed E-state index contributed by atoms with van der Waals surface area (Å²) in [5, 5.41) is 2.25. The smallest absolute Gasteiger partial charge is 0.419 e. The van der Waals surface area contributed by atoms with Crippen LogP contribution in [0.3, 0.4) is 0 Å². The van der Waals surface area contributed by atoms with Gasteiger partial charge in [-0.05, 0) is 54.8 Å². The Bertz CT molecular complexity index is 1310. The number of nitrogens with one attached hydrogen (secondary N) is 2. The maximum atomic E-state index is 13.6. The Balaban J connectivity index is 1.95. The zero-order valence-corrected chi connectivity index (χ0v) is 19.5. The lowest BCUT2D eigenvalue weighted by Crippen LogP contribution is -2.45.